The van der Waals surface area contributed by atoms with Crippen LogP contribution in [0, 0.1) is 28.7 Å². The monoisotopic (exact) mass is 322 g/mol. The van der Waals surface area contributed by atoms with Crippen molar-refractivity contribution in [1.29, 1.82) is 0 Å². The third kappa shape index (κ3) is 3.65. The minimum absolute atomic E-state index is 0.0980. The van der Waals surface area contributed by atoms with Gasteiger partial charge in [0.05, 0.1) is 0 Å². The third-order valence-electron chi connectivity index (χ3n) is 3.03. The second-order valence-electron chi connectivity index (χ2n) is 4.78. The van der Waals surface area contributed by atoms with E-state index in [2.05, 4.69) is 4.98 Å². The quantitative estimate of drug-likeness (QED) is 0.479. The number of ketones is 1. The summed E-state index contributed by atoms with van der Waals surface area (Å²) < 4.78 is 31.3. The van der Waals surface area contributed by atoms with Crippen molar-refractivity contribution in [3.63, 3.8) is 0 Å². The van der Waals surface area contributed by atoms with Crippen LogP contribution in [0.3, 0.4) is 0 Å². The molecule has 0 spiro atoms. The Kier molecular flexibility index (Phi) is 4.63. The molecule has 23 heavy (non-hydrogen) atoms. The Labute approximate surface area is 129 Å². The summed E-state index contributed by atoms with van der Waals surface area (Å²) in [5, 5.41) is 11.0. The van der Waals surface area contributed by atoms with Gasteiger partial charge < -0.3 is 14.9 Å². The highest BCUT2D eigenvalue weighted by atomic mass is 19.2. The molecular weight excluding hydrogens is 310 g/mol. The highest BCUT2D eigenvalue weighted by Gasteiger charge is 2.24. The van der Waals surface area contributed by atoms with E-state index in [1.807, 2.05) is 0 Å². The van der Waals surface area contributed by atoms with E-state index in [-0.39, 0.29) is 11.3 Å². The number of carbonyl (C=O) groups is 1. The Hall–Kier alpha value is -2.90. The van der Waals surface area contributed by atoms with Crippen molar-refractivity contribution in [2.24, 2.45) is 0 Å². The number of ether oxygens (including phenoxy) is 1. The van der Waals surface area contributed by atoms with Gasteiger partial charge in [-0.3, -0.25) is 4.79 Å². The summed E-state index contributed by atoms with van der Waals surface area (Å²) in [5.41, 5.74) is 0.322. The fraction of sp³-hybridized carbons (Fsp3) is 0.200. The predicted molar refractivity (Wildman–Crippen MR) is 76.4 cm³/mol. The zero-order valence-electron chi connectivity index (χ0n) is 12.2. The van der Waals surface area contributed by atoms with Gasteiger partial charge in [-0.1, -0.05) is 0 Å². The summed E-state index contributed by atoms with van der Waals surface area (Å²) in [6.45, 7) is 2.93. The smallest absolute Gasteiger partial charge is 0.406 e. The van der Waals surface area contributed by atoms with Crippen LogP contribution < -0.4 is 4.74 Å². The van der Waals surface area contributed by atoms with Crippen molar-refractivity contribution in [3.8, 4) is 5.75 Å². The summed E-state index contributed by atoms with van der Waals surface area (Å²) in [6, 6.07) is 5.51. The Morgan fingerprint density at radius 3 is 2.57 bits per heavy atom. The molecule has 0 aliphatic heterocycles. The molecule has 0 saturated heterocycles. The number of pyridine rings is 1. The van der Waals surface area contributed by atoms with Crippen molar-refractivity contribution in [1.82, 2.24) is 4.98 Å². The van der Waals surface area contributed by atoms with Crippen LogP contribution in [0.25, 0.3) is 0 Å². The molecule has 2 rings (SSSR count). The number of aryl methyl sites for hydroxylation is 1. The van der Waals surface area contributed by atoms with Crippen molar-refractivity contribution < 1.29 is 23.2 Å². The van der Waals surface area contributed by atoms with Crippen LogP contribution in [0.5, 0.6) is 5.75 Å². The Bertz CT molecular complexity index is 780. The highest BCUT2D eigenvalue weighted by molar-refractivity contribution is 5.99. The first-order valence-corrected chi connectivity index (χ1v) is 6.57. The second-order valence-corrected chi connectivity index (χ2v) is 4.78. The van der Waals surface area contributed by atoms with Crippen LogP contribution in [0.15, 0.2) is 30.3 Å². The molecule has 0 radical (unpaired) electrons. The predicted octanol–water partition coefficient (Wildman–Crippen LogP) is 3.23. The van der Waals surface area contributed by atoms with Gasteiger partial charge >= 0.3 is 5.82 Å². The third-order valence-corrected chi connectivity index (χ3v) is 3.03. The van der Waals surface area contributed by atoms with Gasteiger partial charge in [-0.2, -0.15) is 0 Å². The van der Waals surface area contributed by atoms with Gasteiger partial charge in [0.1, 0.15) is 5.69 Å². The van der Waals surface area contributed by atoms with Crippen LogP contribution in [0.4, 0.5) is 14.6 Å². The first kappa shape index (κ1) is 16.5. The number of hydrogen-bond donors (Lipinski definition) is 0. The average molecular weight is 322 g/mol. The second kappa shape index (κ2) is 6.47. The van der Waals surface area contributed by atoms with E-state index in [4.69, 9.17) is 4.74 Å². The molecule has 8 heteroatoms. The largest absolute Gasteiger partial charge is 0.474 e. The van der Waals surface area contributed by atoms with E-state index in [1.165, 1.54) is 19.1 Å². The van der Waals surface area contributed by atoms with Crippen LogP contribution in [-0.2, 0) is 0 Å². The summed E-state index contributed by atoms with van der Waals surface area (Å²) in [4.78, 5) is 26.1. The standard InChI is InChI=1S/C15H12F2N2O4/c1-8-3-6-13(15(18-8)19(21)22)23-9(2)14(20)10-4-5-11(16)12(17)7-10/h3-7,9H,1-2H3. The maximum absolute atomic E-state index is 13.2. The number of hydrogen-bond acceptors (Lipinski definition) is 5. The number of nitro groups is 1. The Balaban J connectivity index is 2.24. The molecular formula is C15H12F2N2O4. The minimum Gasteiger partial charge on any atom is -0.474 e. The van der Waals surface area contributed by atoms with Gasteiger partial charge in [0.2, 0.25) is 11.5 Å². The molecule has 120 valence electrons. The van der Waals surface area contributed by atoms with Gasteiger partial charge in [-0.15, -0.1) is 0 Å². The molecule has 0 saturated carbocycles. The fourth-order valence-corrected chi connectivity index (χ4v) is 1.88. The molecule has 6 nitrogen and oxygen atoms in total. The summed E-state index contributed by atoms with van der Waals surface area (Å²) in [5.74, 6) is -3.57. The fourth-order valence-electron chi connectivity index (χ4n) is 1.88. The molecule has 0 fully saturated rings. The molecule has 1 atom stereocenters. The lowest BCUT2D eigenvalue weighted by Crippen LogP contribution is -2.24. The van der Waals surface area contributed by atoms with Gasteiger partial charge in [0, 0.05) is 12.5 Å². The number of halogens is 2. The molecule has 2 aromatic rings. The number of carbonyl (C=O) groups excluding carboxylic acids is 1. The van der Waals surface area contributed by atoms with E-state index in [9.17, 15) is 23.7 Å². The lowest BCUT2D eigenvalue weighted by Gasteiger charge is -2.13. The van der Waals surface area contributed by atoms with Crippen LogP contribution >= 0.6 is 0 Å². The van der Waals surface area contributed by atoms with E-state index >= 15 is 0 Å². The molecule has 1 aromatic heterocycles. The zero-order valence-corrected chi connectivity index (χ0v) is 12.2. The van der Waals surface area contributed by atoms with Crippen LogP contribution in [0.1, 0.15) is 23.0 Å². The van der Waals surface area contributed by atoms with Crippen LogP contribution in [-0.4, -0.2) is 21.8 Å². The summed E-state index contributed by atoms with van der Waals surface area (Å²) in [6.07, 6.45) is -1.14. The van der Waals surface area contributed by atoms with Crippen molar-refractivity contribution >= 4 is 11.6 Å². The number of rotatable bonds is 5. The topological polar surface area (TPSA) is 82.3 Å². The number of aromatic nitrogens is 1. The Morgan fingerprint density at radius 1 is 1.26 bits per heavy atom. The molecule has 0 aliphatic rings. The zero-order chi connectivity index (χ0) is 17.1. The maximum atomic E-state index is 13.2. The molecule has 0 N–H and O–H groups in total. The number of Topliss-reactive ketones (excluding diaryl/α,β-unsaturated/α-hetero) is 1. The van der Waals surface area contributed by atoms with Crippen LogP contribution in [0.2, 0.25) is 0 Å². The Morgan fingerprint density at radius 2 is 1.96 bits per heavy atom. The van der Waals surface area contributed by atoms with Crippen molar-refractivity contribution in [2.75, 3.05) is 0 Å². The van der Waals surface area contributed by atoms with Gasteiger partial charge in [0.15, 0.2) is 17.7 Å². The number of nitrogens with zero attached hydrogens (tertiary/aromatic N) is 2. The molecule has 1 unspecified atom stereocenters. The van der Waals surface area contributed by atoms with Crippen molar-refractivity contribution in [3.05, 3.63) is 63.3 Å². The molecule has 0 amide bonds. The molecule has 0 aliphatic carbocycles. The van der Waals surface area contributed by atoms with Gasteiger partial charge in [-0.25, -0.2) is 8.78 Å². The summed E-state index contributed by atoms with van der Waals surface area (Å²) in [7, 11) is 0. The number of benzene rings is 1. The molecule has 1 aromatic carbocycles. The lowest BCUT2D eigenvalue weighted by molar-refractivity contribution is -0.390. The van der Waals surface area contributed by atoms with Gasteiger partial charge in [0.25, 0.3) is 0 Å². The first-order chi connectivity index (χ1) is 10.8. The lowest BCUT2D eigenvalue weighted by atomic mass is 10.1. The highest BCUT2D eigenvalue weighted by Crippen LogP contribution is 2.26. The SMILES string of the molecule is Cc1ccc(OC(C)C(=O)c2ccc(F)c(F)c2)c([N+](=O)[O-])n1. The first-order valence-electron chi connectivity index (χ1n) is 6.57. The van der Waals surface area contributed by atoms with Gasteiger partial charge in [-0.05, 0) is 47.2 Å². The minimum atomic E-state index is -1.16. The average Bonchev–Trinajstić information content (AvgIpc) is 2.50. The molecule has 1 heterocycles. The maximum Gasteiger partial charge on any atom is 0.406 e. The normalized spacial score (nSPS) is 11.8. The summed E-state index contributed by atoms with van der Waals surface area (Å²) >= 11 is 0. The van der Waals surface area contributed by atoms with E-state index < -0.39 is 34.3 Å². The van der Waals surface area contributed by atoms with E-state index in [1.54, 1.807) is 6.92 Å². The van der Waals surface area contributed by atoms with E-state index in [0.717, 1.165) is 18.2 Å². The van der Waals surface area contributed by atoms with E-state index in [0.29, 0.717) is 5.69 Å². The van der Waals surface area contributed by atoms with Crippen molar-refractivity contribution in [2.45, 2.75) is 20.0 Å². The molecule has 0 bridgehead atoms.